The van der Waals surface area contributed by atoms with Gasteiger partial charge < -0.3 is 9.29 Å². The first-order valence-corrected chi connectivity index (χ1v) is 7.82. The van der Waals surface area contributed by atoms with Crippen molar-refractivity contribution in [2.75, 3.05) is 12.4 Å². The highest BCUT2D eigenvalue weighted by atomic mass is 32.2. The predicted molar refractivity (Wildman–Crippen MR) is 63.6 cm³/mol. The number of allylic oxidation sites excluding steroid dienone is 2. The number of carbonyl (C=O) groups is 1. The molecule has 1 saturated carbocycles. The van der Waals surface area contributed by atoms with E-state index in [1.807, 2.05) is 0 Å². The van der Waals surface area contributed by atoms with E-state index in [-0.39, 0.29) is 30.7 Å². The summed E-state index contributed by atoms with van der Waals surface area (Å²) in [6.45, 7) is 0.200. The van der Waals surface area contributed by atoms with Gasteiger partial charge in [-0.05, 0) is 37.5 Å². The topological polar surface area (TPSA) is 83.5 Å². The maximum Gasteiger partial charge on any atom is 0.309 e. The first-order valence-electron chi connectivity index (χ1n) is 6.24. The van der Waals surface area contributed by atoms with Gasteiger partial charge in [-0.15, -0.1) is 0 Å². The third-order valence-electron chi connectivity index (χ3n) is 3.61. The summed E-state index contributed by atoms with van der Waals surface area (Å²) in [6, 6.07) is 0. The molecule has 0 spiro atoms. The molecule has 2 aliphatic rings. The van der Waals surface area contributed by atoms with Gasteiger partial charge in [-0.2, -0.15) is 0 Å². The molecule has 0 aliphatic heterocycles. The van der Waals surface area contributed by atoms with Crippen molar-refractivity contribution in [3.63, 3.8) is 0 Å². The van der Waals surface area contributed by atoms with Crippen LogP contribution in [0.5, 0.6) is 0 Å². The van der Waals surface area contributed by atoms with Gasteiger partial charge in [-0.25, -0.2) is 8.42 Å². The van der Waals surface area contributed by atoms with Crippen LogP contribution in [0.3, 0.4) is 0 Å². The number of fused-ring (bicyclic) bond motifs is 2. The zero-order valence-corrected chi connectivity index (χ0v) is 10.9. The second kappa shape index (κ2) is 5.40. The van der Waals surface area contributed by atoms with Crippen molar-refractivity contribution in [1.29, 1.82) is 0 Å². The lowest BCUT2D eigenvalue weighted by molar-refractivity contribution is -0.149. The van der Waals surface area contributed by atoms with E-state index in [0.717, 1.165) is 12.8 Å². The van der Waals surface area contributed by atoms with Crippen LogP contribution in [0, 0.1) is 17.8 Å². The molecular weight excluding hydrogens is 256 g/mol. The van der Waals surface area contributed by atoms with Crippen LogP contribution < -0.4 is 0 Å². The second-order valence-corrected chi connectivity index (χ2v) is 6.55. The highest BCUT2D eigenvalue weighted by molar-refractivity contribution is 7.85. The molecule has 0 aromatic heterocycles. The Labute approximate surface area is 107 Å². The third-order valence-corrected chi connectivity index (χ3v) is 4.40. The molecule has 3 unspecified atom stereocenters. The van der Waals surface area contributed by atoms with Gasteiger partial charge in [0.15, 0.2) is 0 Å². The Balaban J connectivity index is 1.63. The Bertz CT molecular complexity index is 439. The van der Waals surface area contributed by atoms with Crippen molar-refractivity contribution in [1.82, 2.24) is 0 Å². The zero-order valence-electron chi connectivity index (χ0n) is 10.1. The molecule has 0 radical (unpaired) electrons. The molecule has 0 amide bonds. The Morgan fingerprint density at radius 1 is 1.28 bits per heavy atom. The summed E-state index contributed by atoms with van der Waals surface area (Å²) in [6.07, 6.45) is 6.83. The van der Waals surface area contributed by atoms with Crippen LogP contribution in [0.4, 0.5) is 0 Å². The Hall–Kier alpha value is -0.880. The van der Waals surface area contributed by atoms with Crippen LogP contribution in [0.25, 0.3) is 0 Å². The third kappa shape index (κ3) is 3.55. The second-order valence-electron chi connectivity index (χ2n) is 5.02. The molecule has 1 fully saturated rings. The summed E-state index contributed by atoms with van der Waals surface area (Å²) in [5.41, 5.74) is 0. The fraction of sp³-hybridized carbons (Fsp3) is 0.750. The molecule has 5 nitrogen and oxygen atoms in total. The van der Waals surface area contributed by atoms with Gasteiger partial charge in [0.2, 0.25) is 0 Å². The molecule has 0 aromatic carbocycles. The number of unbranched alkanes of at least 4 members (excludes halogenated alkanes) is 1. The summed E-state index contributed by atoms with van der Waals surface area (Å²) in [4.78, 5) is 11.8. The van der Waals surface area contributed by atoms with Crippen LogP contribution in [-0.2, 0) is 19.6 Å². The standard InChI is InChI=1S/C12H18O5S/c13-12(11-8-9-3-4-10(11)7-9)17-5-1-2-6-18(14,15)16/h3-4,9-11H,1-2,5-8H2,(H,14,15,16)/p-1. The SMILES string of the molecule is O=C(OCCCCS(=O)(=O)[O-])C1CC2C=CC1C2. The van der Waals surface area contributed by atoms with E-state index in [0.29, 0.717) is 18.3 Å². The summed E-state index contributed by atoms with van der Waals surface area (Å²) >= 11 is 0. The summed E-state index contributed by atoms with van der Waals surface area (Å²) in [5, 5.41) is 0. The Morgan fingerprint density at radius 2 is 2.06 bits per heavy atom. The summed E-state index contributed by atoms with van der Waals surface area (Å²) < 4.78 is 36.2. The van der Waals surface area contributed by atoms with Gasteiger partial charge in [0.05, 0.1) is 22.6 Å². The van der Waals surface area contributed by atoms with E-state index in [4.69, 9.17) is 4.74 Å². The van der Waals surface area contributed by atoms with Gasteiger partial charge in [0.1, 0.15) is 0 Å². The van der Waals surface area contributed by atoms with Crippen molar-refractivity contribution < 1.29 is 22.5 Å². The molecule has 0 saturated heterocycles. The molecule has 2 rings (SSSR count). The van der Waals surface area contributed by atoms with Crippen molar-refractivity contribution in [2.45, 2.75) is 25.7 Å². The smallest absolute Gasteiger partial charge is 0.309 e. The number of hydrogen-bond donors (Lipinski definition) is 0. The van der Waals surface area contributed by atoms with Crippen LogP contribution >= 0.6 is 0 Å². The van der Waals surface area contributed by atoms with E-state index in [1.54, 1.807) is 0 Å². The van der Waals surface area contributed by atoms with E-state index in [2.05, 4.69) is 12.2 Å². The number of rotatable bonds is 6. The average molecular weight is 273 g/mol. The molecule has 2 aliphatic carbocycles. The lowest BCUT2D eigenvalue weighted by Crippen LogP contribution is -2.22. The van der Waals surface area contributed by atoms with Crippen molar-refractivity contribution in [3.8, 4) is 0 Å². The molecular formula is C12H17O5S-. The first-order chi connectivity index (χ1) is 8.46. The van der Waals surface area contributed by atoms with Crippen LogP contribution in [-0.4, -0.2) is 31.3 Å². The summed E-state index contributed by atoms with van der Waals surface area (Å²) in [5.74, 6) is 0.254. The highest BCUT2D eigenvalue weighted by Crippen LogP contribution is 2.43. The minimum absolute atomic E-state index is 0.0248. The Morgan fingerprint density at radius 3 is 2.61 bits per heavy atom. The molecule has 18 heavy (non-hydrogen) atoms. The van der Waals surface area contributed by atoms with E-state index in [9.17, 15) is 17.8 Å². The fourth-order valence-electron chi connectivity index (χ4n) is 2.71. The van der Waals surface area contributed by atoms with E-state index >= 15 is 0 Å². The largest absolute Gasteiger partial charge is 0.748 e. The number of hydrogen-bond acceptors (Lipinski definition) is 5. The Kier molecular flexibility index (Phi) is 4.07. The van der Waals surface area contributed by atoms with Gasteiger partial charge in [-0.3, -0.25) is 4.79 Å². The quantitative estimate of drug-likeness (QED) is 0.313. The molecule has 0 aromatic rings. The number of ether oxygens (including phenoxy) is 1. The molecule has 0 heterocycles. The minimum Gasteiger partial charge on any atom is -0.748 e. The van der Waals surface area contributed by atoms with Crippen LogP contribution in [0.15, 0.2) is 12.2 Å². The van der Waals surface area contributed by atoms with Gasteiger partial charge in [0, 0.05) is 5.75 Å². The summed E-state index contributed by atoms with van der Waals surface area (Å²) in [7, 11) is -4.15. The molecule has 3 atom stereocenters. The average Bonchev–Trinajstić information content (AvgIpc) is 2.88. The highest BCUT2D eigenvalue weighted by Gasteiger charge is 2.40. The van der Waals surface area contributed by atoms with Crippen molar-refractivity contribution in [2.24, 2.45) is 17.8 Å². The predicted octanol–water partition coefficient (Wildman–Crippen LogP) is 1.07. The molecule has 102 valence electrons. The van der Waals surface area contributed by atoms with Crippen LogP contribution in [0.1, 0.15) is 25.7 Å². The normalized spacial score (nSPS) is 29.7. The lowest BCUT2D eigenvalue weighted by atomic mass is 9.94. The maximum atomic E-state index is 11.8. The van der Waals surface area contributed by atoms with Crippen LogP contribution in [0.2, 0.25) is 0 Å². The van der Waals surface area contributed by atoms with Crippen molar-refractivity contribution >= 4 is 16.1 Å². The number of carbonyl (C=O) groups excluding carboxylic acids is 1. The van der Waals surface area contributed by atoms with E-state index < -0.39 is 10.1 Å². The van der Waals surface area contributed by atoms with Crippen molar-refractivity contribution in [3.05, 3.63) is 12.2 Å². The fourth-order valence-corrected chi connectivity index (χ4v) is 3.27. The van der Waals surface area contributed by atoms with Gasteiger partial charge in [-0.1, -0.05) is 12.2 Å². The maximum absolute atomic E-state index is 11.8. The molecule has 2 bridgehead atoms. The first kappa shape index (κ1) is 13.5. The lowest BCUT2D eigenvalue weighted by Gasteiger charge is -2.16. The molecule has 0 N–H and O–H groups in total. The van der Waals surface area contributed by atoms with Gasteiger partial charge >= 0.3 is 5.97 Å². The number of esters is 1. The monoisotopic (exact) mass is 273 g/mol. The zero-order chi connectivity index (χ0) is 13.2. The molecule has 6 heteroatoms. The van der Waals surface area contributed by atoms with Gasteiger partial charge in [0.25, 0.3) is 0 Å². The minimum atomic E-state index is -4.15. The van der Waals surface area contributed by atoms with E-state index in [1.165, 1.54) is 0 Å².